The maximum atomic E-state index is 14.1. The summed E-state index contributed by atoms with van der Waals surface area (Å²) in [4.78, 5) is 12.1. The molecule has 4 nitrogen and oxygen atoms in total. The number of ether oxygens (including phenoxy) is 1. The summed E-state index contributed by atoms with van der Waals surface area (Å²) in [6, 6.07) is 8.06. The van der Waals surface area contributed by atoms with Crippen LogP contribution < -0.4 is 10.2 Å². The Morgan fingerprint density at radius 1 is 1.21 bits per heavy atom. The van der Waals surface area contributed by atoms with E-state index in [9.17, 15) is 18.0 Å². The van der Waals surface area contributed by atoms with Crippen molar-refractivity contribution in [2.75, 3.05) is 13.2 Å². The van der Waals surface area contributed by atoms with E-state index in [1.54, 1.807) is 44.2 Å². The number of hydrazine groups is 1. The van der Waals surface area contributed by atoms with Crippen molar-refractivity contribution in [1.82, 2.24) is 10.4 Å². The second kappa shape index (κ2) is 7.28. The number of fused-ring (bicyclic) bond motifs is 1. The lowest BCUT2D eigenvalue weighted by molar-refractivity contribution is -0.191. The van der Waals surface area contributed by atoms with Gasteiger partial charge < -0.3 is 4.74 Å². The SMILES string of the molecule is CC(C)COc1ccc2cccc(C(N3CC(C)(C)C(=O)N3)C(F)(F)F)c2c1. The number of nitrogens with one attached hydrogen (secondary N) is 1. The largest absolute Gasteiger partial charge is 0.493 e. The van der Waals surface area contributed by atoms with Gasteiger partial charge in [-0.3, -0.25) is 10.2 Å². The summed E-state index contributed by atoms with van der Waals surface area (Å²) >= 11 is 0. The van der Waals surface area contributed by atoms with Gasteiger partial charge in [0.15, 0.2) is 6.04 Å². The fourth-order valence-corrected chi connectivity index (χ4v) is 3.36. The number of halogens is 3. The summed E-state index contributed by atoms with van der Waals surface area (Å²) in [5, 5.41) is 2.15. The second-order valence-corrected chi connectivity index (χ2v) is 8.33. The number of hydrogen-bond donors (Lipinski definition) is 1. The van der Waals surface area contributed by atoms with E-state index in [2.05, 4.69) is 5.43 Å². The minimum Gasteiger partial charge on any atom is -0.493 e. The monoisotopic (exact) mass is 394 g/mol. The second-order valence-electron chi connectivity index (χ2n) is 8.33. The zero-order valence-electron chi connectivity index (χ0n) is 16.4. The van der Waals surface area contributed by atoms with Gasteiger partial charge in [0.05, 0.1) is 12.0 Å². The molecule has 1 atom stereocenters. The lowest BCUT2D eigenvalue weighted by Crippen LogP contribution is -2.43. The van der Waals surface area contributed by atoms with E-state index in [4.69, 9.17) is 4.74 Å². The van der Waals surface area contributed by atoms with Gasteiger partial charge >= 0.3 is 6.18 Å². The number of carbonyl (C=O) groups is 1. The third-order valence-corrected chi connectivity index (χ3v) is 4.81. The highest BCUT2D eigenvalue weighted by atomic mass is 19.4. The van der Waals surface area contributed by atoms with Gasteiger partial charge in [-0.2, -0.15) is 13.2 Å². The predicted molar refractivity (Wildman–Crippen MR) is 102 cm³/mol. The Labute approximate surface area is 162 Å². The lowest BCUT2D eigenvalue weighted by Gasteiger charge is -2.30. The Bertz CT molecular complexity index is 878. The number of rotatable bonds is 5. The first-order chi connectivity index (χ1) is 13.0. The van der Waals surface area contributed by atoms with E-state index in [1.165, 1.54) is 6.07 Å². The van der Waals surface area contributed by atoms with Gasteiger partial charge in [-0.15, -0.1) is 0 Å². The van der Waals surface area contributed by atoms with Crippen LogP contribution in [0.3, 0.4) is 0 Å². The highest BCUT2D eigenvalue weighted by molar-refractivity contribution is 5.88. The van der Waals surface area contributed by atoms with E-state index in [1.807, 2.05) is 13.8 Å². The zero-order valence-corrected chi connectivity index (χ0v) is 16.4. The predicted octanol–water partition coefficient (Wildman–Crippen LogP) is 4.85. The molecule has 0 radical (unpaired) electrons. The Hall–Kier alpha value is -2.28. The Balaban J connectivity index is 2.07. The number of hydrogen-bond acceptors (Lipinski definition) is 3. The van der Waals surface area contributed by atoms with E-state index < -0.39 is 23.5 Å². The van der Waals surface area contributed by atoms with Crippen LogP contribution in [0.5, 0.6) is 5.75 Å². The standard InChI is InChI=1S/C21H25F3N2O2/c1-13(2)11-28-15-9-8-14-6-5-7-16(17(14)10-15)18(21(22,23)24)26-12-20(3,4)19(27)25-26/h5-10,13,18H,11-12H2,1-4H3,(H,25,27). The molecule has 1 heterocycles. The molecule has 3 rings (SSSR count). The maximum absolute atomic E-state index is 14.1. The molecule has 1 aliphatic heterocycles. The third-order valence-electron chi connectivity index (χ3n) is 4.81. The Morgan fingerprint density at radius 2 is 1.93 bits per heavy atom. The summed E-state index contributed by atoms with van der Waals surface area (Å²) in [5.74, 6) is 0.416. The molecule has 0 aromatic heterocycles. The third kappa shape index (κ3) is 4.09. The van der Waals surface area contributed by atoms with Crippen LogP contribution in [-0.2, 0) is 4.79 Å². The molecule has 2 aromatic carbocycles. The summed E-state index contributed by atoms with van der Waals surface area (Å²) in [6.45, 7) is 7.73. The average molecular weight is 394 g/mol. The van der Waals surface area contributed by atoms with Crippen LogP contribution in [0.2, 0.25) is 0 Å². The number of amides is 1. The molecule has 0 spiro atoms. The van der Waals surface area contributed by atoms with Gasteiger partial charge in [-0.1, -0.05) is 38.1 Å². The van der Waals surface area contributed by atoms with Gasteiger partial charge in [-0.25, -0.2) is 5.01 Å². The average Bonchev–Trinajstić information content (AvgIpc) is 2.84. The number of carbonyl (C=O) groups excluding carboxylic acids is 1. The van der Waals surface area contributed by atoms with Gasteiger partial charge in [0, 0.05) is 6.54 Å². The molecule has 1 aliphatic rings. The quantitative estimate of drug-likeness (QED) is 0.788. The molecule has 1 unspecified atom stereocenters. The molecular formula is C21H25F3N2O2. The molecule has 1 saturated heterocycles. The number of alkyl halides is 3. The van der Waals surface area contributed by atoms with E-state index in [0.717, 1.165) is 5.01 Å². The summed E-state index contributed by atoms with van der Waals surface area (Å²) in [6.07, 6.45) is -4.56. The van der Waals surface area contributed by atoms with Crippen molar-refractivity contribution in [3.8, 4) is 5.75 Å². The fraction of sp³-hybridized carbons (Fsp3) is 0.476. The van der Waals surface area contributed by atoms with Crippen molar-refractivity contribution in [2.24, 2.45) is 11.3 Å². The number of nitrogens with zero attached hydrogens (tertiary/aromatic N) is 1. The molecule has 1 fully saturated rings. The molecule has 152 valence electrons. The molecule has 1 amide bonds. The molecule has 7 heteroatoms. The van der Waals surface area contributed by atoms with Crippen molar-refractivity contribution in [1.29, 1.82) is 0 Å². The topological polar surface area (TPSA) is 41.6 Å². The summed E-state index contributed by atoms with van der Waals surface area (Å²) in [5.41, 5.74) is 1.62. The van der Waals surface area contributed by atoms with Crippen LogP contribution in [0.4, 0.5) is 13.2 Å². The van der Waals surface area contributed by atoms with Crippen LogP contribution in [0.1, 0.15) is 39.3 Å². The molecule has 1 N–H and O–H groups in total. The van der Waals surface area contributed by atoms with Gasteiger partial charge in [0.1, 0.15) is 5.75 Å². The van der Waals surface area contributed by atoms with Gasteiger partial charge in [0.25, 0.3) is 0 Å². The normalized spacial score (nSPS) is 18.5. The molecule has 0 saturated carbocycles. The molecule has 0 bridgehead atoms. The molecule has 28 heavy (non-hydrogen) atoms. The van der Waals surface area contributed by atoms with Crippen molar-refractivity contribution in [3.63, 3.8) is 0 Å². The minimum absolute atomic E-state index is 0.0318. The highest BCUT2D eigenvalue weighted by Crippen LogP contribution is 2.43. The van der Waals surface area contributed by atoms with Gasteiger partial charge in [-0.05, 0) is 48.2 Å². The van der Waals surface area contributed by atoms with E-state index >= 15 is 0 Å². The maximum Gasteiger partial charge on any atom is 0.409 e. The van der Waals surface area contributed by atoms with Crippen molar-refractivity contribution >= 4 is 16.7 Å². The summed E-state index contributed by atoms with van der Waals surface area (Å²) < 4.78 is 48.0. The van der Waals surface area contributed by atoms with Crippen LogP contribution in [-0.4, -0.2) is 30.2 Å². The van der Waals surface area contributed by atoms with Crippen molar-refractivity contribution in [3.05, 3.63) is 42.0 Å². The zero-order chi connectivity index (χ0) is 20.7. The fourth-order valence-electron chi connectivity index (χ4n) is 3.36. The molecule has 2 aromatic rings. The van der Waals surface area contributed by atoms with E-state index in [0.29, 0.717) is 29.0 Å². The highest BCUT2D eigenvalue weighted by Gasteiger charge is 2.51. The first kappa shape index (κ1) is 20.5. The van der Waals surface area contributed by atoms with Gasteiger partial charge in [0.2, 0.25) is 5.91 Å². The van der Waals surface area contributed by atoms with Crippen molar-refractivity contribution in [2.45, 2.75) is 39.9 Å². The lowest BCUT2D eigenvalue weighted by atomic mass is 9.93. The smallest absolute Gasteiger partial charge is 0.409 e. The van der Waals surface area contributed by atoms with E-state index in [-0.39, 0.29) is 12.1 Å². The molecular weight excluding hydrogens is 369 g/mol. The first-order valence-corrected chi connectivity index (χ1v) is 9.29. The van der Waals surface area contributed by atoms with Crippen LogP contribution in [0, 0.1) is 11.3 Å². The van der Waals surface area contributed by atoms with Crippen LogP contribution >= 0.6 is 0 Å². The van der Waals surface area contributed by atoms with Crippen LogP contribution in [0.25, 0.3) is 10.8 Å². The molecule has 0 aliphatic carbocycles. The minimum atomic E-state index is -4.56. The van der Waals surface area contributed by atoms with Crippen molar-refractivity contribution < 1.29 is 22.7 Å². The summed E-state index contributed by atoms with van der Waals surface area (Å²) in [7, 11) is 0. The Morgan fingerprint density at radius 3 is 2.50 bits per heavy atom. The first-order valence-electron chi connectivity index (χ1n) is 9.29. The number of benzene rings is 2. The van der Waals surface area contributed by atoms with Crippen LogP contribution in [0.15, 0.2) is 36.4 Å². The Kier molecular flexibility index (Phi) is 5.32.